The first-order valence-corrected chi connectivity index (χ1v) is 7.60. The van der Waals surface area contributed by atoms with E-state index in [9.17, 15) is 9.59 Å². The van der Waals surface area contributed by atoms with Crippen molar-refractivity contribution in [3.63, 3.8) is 0 Å². The Kier molecular flexibility index (Phi) is 3.25. The molecule has 1 saturated carbocycles. The zero-order valence-corrected chi connectivity index (χ0v) is 12.3. The lowest BCUT2D eigenvalue weighted by molar-refractivity contribution is -0.123. The molecule has 3 heterocycles. The van der Waals surface area contributed by atoms with Crippen LogP contribution in [-0.4, -0.2) is 33.6 Å². The number of ketones is 1. The third kappa shape index (κ3) is 2.44. The second-order valence-corrected chi connectivity index (χ2v) is 5.85. The van der Waals surface area contributed by atoms with Gasteiger partial charge in [-0.25, -0.2) is 5.43 Å². The smallest absolute Gasteiger partial charge is 0.273 e. The van der Waals surface area contributed by atoms with E-state index in [1.54, 1.807) is 24.5 Å². The van der Waals surface area contributed by atoms with Crippen LogP contribution in [0.3, 0.4) is 0 Å². The summed E-state index contributed by atoms with van der Waals surface area (Å²) in [4.78, 5) is 24.1. The van der Waals surface area contributed by atoms with Crippen molar-refractivity contribution < 1.29 is 9.59 Å². The number of amides is 1. The molecule has 4 rings (SSSR count). The zero-order valence-electron chi connectivity index (χ0n) is 12.3. The standard InChI is InChI=1S/C16H15N5O2/c22-14-3-1-2-13-11(14)6-10(19-13)7-12-15(20-21-16(12)23)9-4-5-17-18-8-9/h4-8,11,13,19H,1-3H2,(H,21,23)/b12-7+. The van der Waals surface area contributed by atoms with Crippen LogP contribution in [0.15, 0.2) is 47.0 Å². The number of carbonyl (C=O) groups excluding carboxylic acids is 2. The fraction of sp³-hybridized carbons (Fsp3) is 0.312. The fourth-order valence-electron chi connectivity index (χ4n) is 3.26. The number of rotatable bonds is 2. The van der Waals surface area contributed by atoms with E-state index in [2.05, 4.69) is 26.0 Å². The minimum atomic E-state index is -0.263. The first kappa shape index (κ1) is 13.8. The van der Waals surface area contributed by atoms with E-state index in [0.717, 1.165) is 24.1 Å². The number of allylic oxidation sites excluding steroid dienone is 1. The molecule has 1 aromatic heterocycles. The number of Topliss-reactive ketones (excluding diaryl/α,β-unsaturated/α-hetero) is 1. The monoisotopic (exact) mass is 309 g/mol. The Morgan fingerprint density at radius 2 is 2.17 bits per heavy atom. The van der Waals surface area contributed by atoms with Crippen molar-refractivity contribution in [3.8, 4) is 0 Å². The van der Waals surface area contributed by atoms with E-state index in [1.807, 2.05) is 6.08 Å². The van der Waals surface area contributed by atoms with Gasteiger partial charge in [0.2, 0.25) is 0 Å². The minimum Gasteiger partial charge on any atom is -0.381 e. The quantitative estimate of drug-likeness (QED) is 0.774. The van der Waals surface area contributed by atoms with Gasteiger partial charge in [-0.3, -0.25) is 9.59 Å². The maximum atomic E-state index is 12.1. The van der Waals surface area contributed by atoms with Gasteiger partial charge in [0.15, 0.2) is 0 Å². The molecule has 0 spiro atoms. The molecule has 1 amide bonds. The first-order valence-electron chi connectivity index (χ1n) is 7.60. The molecule has 1 fully saturated rings. The van der Waals surface area contributed by atoms with Gasteiger partial charge >= 0.3 is 0 Å². The van der Waals surface area contributed by atoms with Crippen LogP contribution in [0.1, 0.15) is 24.8 Å². The van der Waals surface area contributed by atoms with E-state index >= 15 is 0 Å². The number of hydrazone groups is 1. The van der Waals surface area contributed by atoms with Crippen LogP contribution in [0, 0.1) is 5.92 Å². The maximum Gasteiger partial charge on any atom is 0.273 e. The lowest BCUT2D eigenvalue weighted by Crippen LogP contribution is -2.36. The summed E-state index contributed by atoms with van der Waals surface area (Å²) >= 11 is 0. The van der Waals surface area contributed by atoms with Gasteiger partial charge < -0.3 is 5.32 Å². The molecule has 0 saturated heterocycles. The summed E-state index contributed by atoms with van der Waals surface area (Å²) in [5.74, 6) is -0.0750. The van der Waals surface area contributed by atoms with Gasteiger partial charge in [0.25, 0.3) is 5.91 Å². The Labute approximate surface area is 132 Å². The van der Waals surface area contributed by atoms with Crippen molar-refractivity contribution in [2.45, 2.75) is 25.3 Å². The number of nitrogens with zero attached hydrogens (tertiary/aromatic N) is 3. The Balaban J connectivity index is 1.65. The van der Waals surface area contributed by atoms with Gasteiger partial charge in [0, 0.05) is 23.7 Å². The van der Waals surface area contributed by atoms with E-state index in [1.165, 1.54) is 0 Å². The second-order valence-electron chi connectivity index (χ2n) is 5.85. The van der Waals surface area contributed by atoms with Crippen molar-refractivity contribution in [2.24, 2.45) is 11.0 Å². The number of aromatic nitrogens is 2. The fourth-order valence-corrected chi connectivity index (χ4v) is 3.26. The van der Waals surface area contributed by atoms with Crippen LogP contribution >= 0.6 is 0 Å². The summed E-state index contributed by atoms with van der Waals surface area (Å²) < 4.78 is 0. The van der Waals surface area contributed by atoms with E-state index in [0.29, 0.717) is 17.7 Å². The summed E-state index contributed by atoms with van der Waals surface area (Å²) in [6.45, 7) is 0. The average molecular weight is 309 g/mol. The molecule has 7 heteroatoms. The van der Waals surface area contributed by atoms with E-state index in [-0.39, 0.29) is 23.7 Å². The van der Waals surface area contributed by atoms with Crippen molar-refractivity contribution >= 4 is 17.4 Å². The normalized spacial score (nSPS) is 28.1. The molecule has 2 N–H and O–H groups in total. The minimum absolute atomic E-state index is 0.0805. The number of nitrogens with one attached hydrogen (secondary N) is 2. The lowest BCUT2D eigenvalue weighted by Gasteiger charge is -2.23. The third-order valence-electron chi connectivity index (χ3n) is 4.38. The zero-order chi connectivity index (χ0) is 15.8. The van der Waals surface area contributed by atoms with Gasteiger partial charge in [-0.15, -0.1) is 0 Å². The van der Waals surface area contributed by atoms with Crippen molar-refractivity contribution in [1.29, 1.82) is 0 Å². The van der Waals surface area contributed by atoms with Crippen LogP contribution in [-0.2, 0) is 9.59 Å². The number of fused-ring (bicyclic) bond motifs is 1. The number of carbonyl (C=O) groups is 2. The van der Waals surface area contributed by atoms with Gasteiger partial charge in [0.1, 0.15) is 11.5 Å². The van der Waals surface area contributed by atoms with Crippen molar-refractivity contribution in [3.05, 3.63) is 47.4 Å². The molecular formula is C16H15N5O2. The Morgan fingerprint density at radius 1 is 1.26 bits per heavy atom. The van der Waals surface area contributed by atoms with Crippen LogP contribution in [0.2, 0.25) is 0 Å². The van der Waals surface area contributed by atoms with E-state index < -0.39 is 0 Å². The average Bonchev–Trinajstić information content (AvgIpc) is 3.14. The number of hydrogen-bond donors (Lipinski definition) is 2. The molecular weight excluding hydrogens is 294 g/mol. The van der Waals surface area contributed by atoms with Crippen LogP contribution in [0.25, 0.3) is 0 Å². The highest BCUT2D eigenvalue weighted by Gasteiger charge is 2.35. The molecule has 3 aliphatic rings. The number of hydrogen-bond acceptors (Lipinski definition) is 6. The highest BCUT2D eigenvalue weighted by molar-refractivity contribution is 6.31. The summed E-state index contributed by atoms with van der Waals surface area (Å²) in [5, 5.41) is 15.0. The first-order chi connectivity index (χ1) is 11.2. The molecule has 0 aromatic carbocycles. The molecule has 1 aromatic rings. The maximum absolute atomic E-state index is 12.1. The van der Waals surface area contributed by atoms with Crippen molar-refractivity contribution in [2.75, 3.05) is 0 Å². The Bertz CT molecular complexity index is 766. The summed E-state index contributed by atoms with van der Waals surface area (Å²) in [5.41, 5.74) is 4.99. The largest absolute Gasteiger partial charge is 0.381 e. The Hall–Kier alpha value is -2.83. The molecule has 0 radical (unpaired) electrons. The molecule has 116 valence electrons. The van der Waals surface area contributed by atoms with Crippen molar-refractivity contribution in [1.82, 2.24) is 20.9 Å². The molecule has 0 bridgehead atoms. The molecule has 7 nitrogen and oxygen atoms in total. The van der Waals surface area contributed by atoms with Crippen LogP contribution in [0.5, 0.6) is 0 Å². The van der Waals surface area contributed by atoms with Gasteiger partial charge in [-0.1, -0.05) is 0 Å². The van der Waals surface area contributed by atoms with Gasteiger partial charge in [0.05, 0.1) is 23.9 Å². The third-order valence-corrected chi connectivity index (χ3v) is 4.38. The van der Waals surface area contributed by atoms with E-state index in [4.69, 9.17) is 0 Å². The summed E-state index contributed by atoms with van der Waals surface area (Å²) in [6.07, 6.45) is 9.33. The SMILES string of the molecule is O=C1NN=C(c2ccnnc2)/C1=C\C1=CC2C(=O)CCCC2N1. The molecule has 2 aliphatic heterocycles. The topological polar surface area (TPSA) is 96.3 Å². The Morgan fingerprint density at radius 3 is 2.96 bits per heavy atom. The highest BCUT2D eigenvalue weighted by Crippen LogP contribution is 2.29. The molecule has 1 aliphatic carbocycles. The second kappa shape index (κ2) is 5.42. The molecule has 2 unspecified atom stereocenters. The van der Waals surface area contributed by atoms with Gasteiger partial charge in [-0.05, 0) is 31.1 Å². The van der Waals surface area contributed by atoms with Crippen LogP contribution in [0.4, 0.5) is 0 Å². The van der Waals surface area contributed by atoms with Gasteiger partial charge in [-0.2, -0.15) is 15.3 Å². The highest BCUT2D eigenvalue weighted by atomic mass is 16.2. The predicted octanol–water partition coefficient (Wildman–Crippen LogP) is 0.462. The lowest BCUT2D eigenvalue weighted by atomic mass is 9.85. The summed E-state index contributed by atoms with van der Waals surface area (Å²) in [6, 6.07) is 1.90. The van der Waals surface area contributed by atoms with Crippen LogP contribution < -0.4 is 10.7 Å². The molecule has 2 atom stereocenters. The summed E-state index contributed by atoms with van der Waals surface area (Å²) in [7, 11) is 0. The predicted molar refractivity (Wildman–Crippen MR) is 82.1 cm³/mol. The molecule has 23 heavy (non-hydrogen) atoms.